The van der Waals surface area contributed by atoms with E-state index in [2.05, 4.69) is 20.9 Å². The van der Waals surface area contributed by atoms with E-state index < -0.39 is 10.8 Å². The lowest BCUT2D eigenvalue weighted by Gasteiger charge is -1.99. The summed E-state index contributed by atoms with van der Waals surface area (Å²) in [5.41, 5.74) is 2.69. The van der Waals surface area contributed by atoms with Crippen LogP contribution in [-0.4, -0.2) is 15.4 Å². The monoisotopic (exact) mass is 313 g/mol. The Hall–Kier alpha value is -0.680. The van der Waals surface area contributed by atoms with Crippen LogP contribution < -0.4 is 0 Å². The molecule has 17 heavy (non-hydrogen) atoms. The molecule has 0 aliphatic heterocycles. The van der Waals surface area contributed by atoms with E-state index in [1.165, 1.54) is 12.8 Å². The number of hydrogen-bond donors (Lipinski definition) is 0. The SMILES string of the molecule is CS(=O)Cc1cc(Br)c2oc(C3CC3)nc2c1. The van der Waals surface area contributed by atoms with E-state index in [1.807, 2.05) is 12.1 Å². The molecule has 1 heterocycles. The van der Waals surface area contributed by atoms with Crippen LogP contribution in [0.4, 0.5) is 0 Å². The molecule has 0 radical (unpaired) electrons. The fourth-order valence-corrected chi connectivity index (χ4v) is 3.10. The van der Waals surface area contributed by atoms with E-state index in [9.17, 15) is 4.21 Å². The van der Waals surface area contributed by atoms with E-state index in [-0.39, 0.29) is 0 Å². The van der Waals surface area contributed by atoms with Crippen LogP contribution in [-0.2, 0) is 16.6 Å². The molecule has 1 aromatic heterocycles. The normalized spacial score (nSPS) is 17.5. The molecule has 2 aromatic rings. The molecule has 0 spiro atoms. The number of oxazole rings is 1. The van der Waals surface area contributed by atoms with Crippen LogP contribution in [0, 0.1) is 0 Å². The van der Waals surface area contributed by atoms with Gasteiger partial charge in [-0.1, -0.05) is 0 Å². The second-order valence-electron chi connectivity index (χ2n) is 4.47. The summed E-state index contributed by atoms with van der Waals surface area (Å²) in [5.74, 6) is 1.91. The lowest BCUT2D eigenvalue weighted by Crippen LogP contribution is -1.92. The zero-order valence-corrected chi connectivity index (χ0v) is 11.8. The molecule has 90 valence electrons. The van der Waals surface area contributed by atoms with Crippen molar-refractivity contribution in [2.24, 2.45) is 0 Å². The van der Waals surface area contributed by atoms with Crippen molar-refractivity contribution in [1.82, 2.24) is 4.98 Å². The van der Waals surface area contributed by atoms with Gasteiger partial charge in [0.2, 0.25) is 0 Å². The molecule has 3 rings (SSSR count). The van der Waals surface area contributed by atoms with Crippen LogP contribution in [0.25, 0.3) is 11.1 Å². The van der Waals surface area contributed by atoms with Crippen molar-refractivity contribution in [3.63, 3.8) is 0 Å². The van der Waals surface area contributed by atoms with Gasteiger partial charge in [0, 0.05) is 28.7 Å². The molecule has 1 unspecified atom stereocenters. The lowest BCUT2D eigenvalue weighted by atomic mass is 10.2. The molecule has 1 fully saturated rings. The number of nitrogens with zero attached hydrogens (tertiary/aromatic N) is 1. The molecular weight excluding hydrogens is 302 g/mol. The average Bonchev–Trinajstić information content (AvgIpc) is 2.98. The Morgan fingerprint density at radius 3 is 2.94 bits per heavy atom. The topological polar surface area (TPSA) is 43.1 Å². The fraction of sp³-hybridized carbons (Fsp3) is 0.417. The number of benzene rings is 1. The Morgan fingerprint density at radius 1 is 1.53 bits per heavy atom. The van der Waals surface area contributed by atoms with Crippen LogP contribution in [0.2, 0.25) is 0 Å². The number of hydrogen-bond acceptors (Lipinski definition) is 3. The predicted molar refractivity (Wildman–Crippen MR) is 71.5 cm³/mol. The van der Waals surface area contributed by atoms with Gasteiger partial charge in [0.25, 0.3) is 0 Å². The third kappa shape index (κ3) is 2.31. The first kappa shape index (κ1) is 11.4. The average molecular weight is 314 g/mol. The molecular formula is C12H12BrNO2S. The first-order chi connectivity index (χ1) is 8.13. The minimum atomic E-state index is -0.837. The highest BCUT2D eigenvalue weighted by molar-refractivity contribution is 9.10. The minimum absolute atomic E-state index is 0.512. The Bertz CT molecular complexity index is 604. The number of rotatable bonds is 3. The summed E-state index contributed by atoms with van der Waals surface area (Å²) in [5, 5.41) is 0. The van der Waals surface area contributed by atoms with Gasteiger partial charge in [-0.15, -0.1) is 0 Å². The molecule has 1 aromatic carbocycles. The zero-order chi connectivity index (χ0) is 12.0. The van der Waals surface area contributed by atoms with Crippen molar-refractivity contribution in [2.75, 3.05) is 6.26 Å². The van der Waals surface area contributed by atoms with E-state index in [0.717, 1.165) is 27.0 Å². The predicted octanol–water partition coefficient (Wildman–Crippen LogP) is 3.35. The first-order valence-corrected chi connectivity index (χ1v) is 8.04. The lowest BCUT2D eigenvalue weighted by molar-refractivity contribution is 0.532. The summed E-state index contributed by atoms with van der Waals surface area (Å²) in [6.07, 6.45) is 4.06. The molecule has 0 amide bonds. The molecule has 3 nitrogen and oxygen atoms in total. The van der Waals surface area contributed by atoms with Crippen LogP contribution in [0.1, 0.15) is 30.2 Å². The maximum atomic E-state index is 11.2. The van der Waals surface area contributed by atoms with Gasteiger partial charge in [0.1, 0.15) is 5.52 Å². The van der Waals surface area contributed by atoms with Gasteiger partial charge in [-0.05, 0) is 46.5 Å². The molecule has 0 bridgehead atoms. The molecule has 0 N–H and O–H groups in total. The van der Waals surface area contributed by atoms with Crippen LogP contribution in [0.15, 0.2) is 21.0 Å². The summed E-state index contributed by atoms with van der Waals surface area (Å²) in [6, 6.07) is 3.93. The van der Waals surface area contributed by atoms with Gasteiger partial charge in [-0.3, -0.25) is 4.21 Å². The number of halogens is 1. The third-order valence-corrected chi connectivity index (χ3v) is 4.15. The Labute approximate surface area is 110 Å². The first-order valence-electron chi connectivity index (χ1n) is 5.52. The Kier molecular flexibility index (Phi) is 2.83. The highest BCUT2D eigenvalue weighted by Gasteiger charge is 2.29. The quantitative estimate of drug-likeness (QED) is 0.872. The molecule has 0 saturated heterocycles. The van der Waals surface area contributed by atoms with E-state index >= 15 is 0 Å². The number of fused-ring (bicyclic) bond motifs is 1. The summed E-state index contributed by atoms with van der Waals surface area (Å²) in [7, 11) is -0.837. The fourth-order valence-electron chi connectivity index (χ4n) is 1.89. The van der Waals surface area contributed by atoms with Gasteiger partial charge < -0.3 is 4.42 Å². The summed E-state index contributed by atoms with van der Waals surface area (Å²) < 4.78 is 17.9. The summed E-state index contributed by atoms with van der Waals surface area (Å²) in [4.78, 5) is 4.51. The van der Waals surface area contributed by atoms with Crippen LogP contribution in [0.3, 0.4) is 0 Å². The second kappa shape index (κ2) is 4.21. The molecule has 5 heteroatoms. The highest BCUT2D eigenvalue weighted by Crippen LogP contribution is 2.41. The van der Waals surface area contributed by atoms with E-state index in [4.69, 9.17) is 4.42 Å². The van der Waals surface area contributed by atoms with Crippen molar-refractivity contribution in [1.29, 1.82) is 0 Å². The van der Waals surface area contributed by atoms with Gasteiger partial charge in [0.05, 0.1) is 4.47 Å². The highest BCUT2D eigenvalue weighted by atomic mass is 79.9. The van der Waals surface area contributed by atoms with Crippen molar-refractivity contribution in [3.05, 3.63) is 28.1 Å². The molecule has 1 aliphatic carbocycles. The molecule has 1 saturated carbocycles. The van der Waals surface area contributed by atoms with Gasteiger partial charge in [0.15, 0.2) is 11.5 Å². The van der Waals surface area contributed by atoms with Gasteiger partial charge in [-0.25, -0.2) is 4.98 Å². The smallest absolute Gasteiger partial charge is 0.198 e. The maximum Gasteiger partial charge on any atom is 0.198 e. The van der Waals surface area contributed by atoms with Gasteiger partial charge in [-0.2, -0.15) is 0 Å². The summed E-state index contributed by atoms with van der Waals surface area (Å²) in [6.45, 7) is 0. The van der Waals surface area contributed by atoms with Crippen molar-refractivity contribution >= 4 is 37.8 Å². The molecule has 1 aliphatic rings. The van der Waals surface area contributed by atoms with Crippen molar-refractivity contribution in [2.45, 2.75) is 24.5 Å². The second-order valence-corrected chi connectivity index (χ2v) is 6.76. The van der Waals surface area contributed by atoms with E-state index in [1.54, 1.807) is 6.26 Å². The number of aromatic nitrogens is 1. The standard InChI is InChI=1S/C12H12BrNO2S/c1-17(15)6-7-4-9(13)11-10(5-7)14-12(16-11)8-2-3-8/h4-5,8H,2-3,6H2,1H3. The van der Waals surface area contributed by atoms with Crippen molar-refractivity contribution < 1.29 is 8.63 Å². The van der Waals surface area contributed by atoms with E-state index in [0.29, 0.717) is 11.7 Å². The molecule has 1 atom stereocenters. The Balaban J connectivity index is 2.07. The zero-order valence-electron chi connectivity index (χ0n) is 9.40. The third-order valence-electron chi connectivity index (χ3n) is 2.82. The minimum Gasteiger partial charge on any atom is -0.439 e. The van der Waals surface area contributed by atoms with Crippen LogP contribution >= 0.6 is 15.9 Å². The largest absolute Gasteiger partial charge is 0.439 e. The Morgan fingerprint density at radius 2 is 2.29 bits per heavy atom. The summed E-state index contributed by atoms with van der Waals surface area (Å²) >= 11 is 3.49. The van der Waals surface area contributed by atoms with Crippen LogP contribution in [0.5, 0.6) is 0 Å². The maximum absolute atomic E-state index is 11.2. The van der Waals surface area contributed by atoms with Gasteiger partial charge >= 0.3 is 0 Å². The van der Waals surface area contributed by atoms with Crippen molar-refractivity contribution in [3.8, 4) is 0 Å².